The van der Waals surface area contributed by atoms with E-state index in [4.69, 9.17) is 67.2 Å². The number of amides is 12. The number of carbonyl (C=O) groups excluding carboxylic acids is 13. The van der Waals surface area contributed by atoms with Gasteiger partial charge >= 0.3 is 5.97 Å². The predicted octanol–water partition coefficient (Wildman–Crippen LogP) is -4.60. The van der Waals surface area contributed by atoms with Crippen LogP contribution >= 0.6 is 0 Å². The van der Waals surface area contributed by atoms with E-state index in [0.29, 0.717) is 36.6 Å². The number of aliphatic hydroxyl groups excluding tert-OH is 2. The van der Waals surface area contributed by atoms with Crippen molar-refractivity contribution in [3.8, 4) is 0 Å². The van der Waals surface area contributed by atoms with E-state index in [2.05, 4.69) is 84.7 Å². The maximum absolute atomic E-state index is 15.4. The monoisotopic (exact) mass is 1930 g/mol. The summed E-state index contributed by atoms with van der Waals surface area (Å²) in [5, 5.41) is 110. The van der Waals surface area contributed by atoms with Gasteiger partial charge < -0.3 is 146 Å². The molecule has 1 aromatic heterocycles. The first kappa shape index (κ1) is 111. The summed E-state index contributed by atoms with van der Waals surface area (Å²) in [5.74, 6) is -31.5. The number of rotatable bonds is 58. The zero-order valence-electron chi connectivity index (χ0n) is 74.9. The fourth-order valence-electron chi connectivity index (χ4n) is 14.8. The van der Waals surface area contributed by atoms with E-state index in [9.17, 15) is 81.2 Å². The van der Waals surface area contributed by atoms with Gasteiger partial charge in [0.25, 0.3) is 0 Å². The van der Waals surface area contributed by atoms with Gasteiger partial charge in [0.15, 0.2) is 58.8 Å². The maximum atomic E-state index is 15.4. The van der Waals surface area contributed by atoms with Gasteiger partial charge in [-0.05, 0) is 100 Å². The fraction of sp³-hybridized carbons (Fsp3) is 0.477. The standard InChI is InChI=1S/C86H122F5N29O17/c87-64-49(65(88)67(90)68(91)66(64)89)39-59(78(133)118-60(81(136)137)37-43-14-3-1-4-15-43)117-80(135)62(42-122)120-77(132)58(38-47-40-109-51-20-8-7-18-48(47)51)116-79(134)61(41-121)119-76(131)57(36-44-25-27-46(28-26-44)69(124)45-16-5-2-6-17-45)115-74(129)55(24-13-35-108-86(102)103)112-72(127)53(22-11-33-106-84(98)99)113-75(130)56(29-30-63(93)123)114-73(128)54(23-12-34-107-85(100)101)111-71(126)52(21-10-32-105-83(96)97)110-70(125)50(92)19-9-31-104-82(94)95/h2,5-8,16-18,20,25-28,40,43,50,52-62,109,121-122H,1,3-4,9-15,19,21-24,29-39,41-42,92H2,(H2,93,123)(H,110,125)(H,111,126)(H,112,127)(H,113,130)(H,114,128)(H,115,129)(H,116,134)(H,117,135)(H,118,133)(H,119,131)(H,120,132)(H,136,137)(H4,94,95,104)(H4,96,97,105)(H4,98,99,106)(H4,100,101,107)(H4,102,103,108)/t50-,52-,53-,54-,55-,56-,57-,58-,59-,60-,61-,62-/m1/s1. The van der Waals surface area contributed by atoms with Crippen molar-refractivity contribution in [1.29, 1.82) is 27.0 Å². The maximum Gasteiger partial charge on any atom is 0.326 e. The zero-order chi connectivity index (χ0) is 101. The predicted molar refractivity (Wildman–Crippen MR) is 488 cm³/mol. The number of nitrogens with two attached hydrogens (primary N) is 7. The van der Waals surface area contributed by atoms with Crippen LogP contribution in [0, 0.1) is 62.1 Å². The highest BCUT2D eigenvalue weighted by Crippen LogP contribution is 2.29. The van der Waals surface area contributed by atoms with Crippen LogP contribution in [-0.4, -0.2) is 251 Å². The molecule has 1 heterocycles. The van der Waals surface area contributed by atoms with Crippen LogP contribution in [0.25, 0.3) is 10.9 Å². The number of H-pyrrole nitrogens is 1. The second-order valence-electron chi connectivity index (χ2n) is 32.6. The van der Waals surface area contributed by atoms with Crippen LogP contribution in [0.2, 0.25) is 0 Å². The summed E-state index contributed by atoms with van der Waals surface area (Å²) < 4.78 is 74.8. The SMILES string of the molecule is N=C(N)NCCC[C@@H](N)C(=O)N[C@H](CCCNC(=N)N)C(=O)N[C@H](CCCNC(=N)N)C(=O)N[C@H](CCC(N)=O)C(=O)N[C@H](CCCNC(=N)N)C(=O)N[C@H](CCCNC(=N)N)C(=O)N[C@H](Cc1ccc(C(=O)c2ccccc2)cc1)C(=O)N[C@H](CO)C(=O)N[C@H](Cc1c[nH]c2ccccc12)C(=O)N[C@H](CO)C(=O)N[C@H](Cc1c(F)c(F)c(F)c(F)c1F)C(=O)N[C@H](CC1CCCCC1)C(=O)O. The molecule has 51 heteroatoms. The summed E-state index contributed by atoms with van der Waals surface area (Å²) in [6.45, 7) is -2.88. The number of carbonyl (C=O) groups is 14. The normalized spacial score (nSPS) is 14.5. The van der Waals surface area contributed by atoms with Crippen LogP contribution in [0.5, 0.6) is 0 Å². The molecule has 0 aliphatic heterocycles. The van der Waals surface area contributed by atoms with Crippen molar-refractivity contribution in [3.05, 3.63) is 142 Å². The molecule has 4 aromatic carbocycles. The van der Waals surface area contributed by atoms with Crippen molar-refractivity contribution in [2.75, 3.05) is 45.9 Å². The third-order valence-corrected chi connectivity index (χ3v) is 22.1. The van der Waals surface area contributed by atoms with Gasteiger partial charge in [-0.1, -0.05) is 105 Å². The Morgan fingerprint density at radius 1 is 0.372 bits per heavy atom. The number of carboxylic acids is 1. The first-order chi connectivity index (χ1) is 65.1. The number of para-hydroxylation sites is 1. The van der Waals surface area contributed by atoms with Crippen molar-refractivity contribution in [2.45, 2.75) is 207 Å². The summed E-state index contributed by atoms with van der Waals surface area (Å²) in [4.78, 5) is 203. The van der Waals surface area contributed by atoms with Crippen LogP contribution < -0.4 is 125 Å². The topological polar surface area (TPSA) is 809 Å². The number of aliphatic carboxylic acids is 1. The summed E-state index contributed by atoms with van der Waals surface area (Å²) in [7, 11) is 0. The number of primary amides is 1. The molecule has 0 saturated heterocycles. The third kappa shape index (κ3) is 37.1. The van der Waals surface area contributed by atoms with Crippen LogP contribution in [-0.2, 0) is 81.6 Å². The van der Waals surface area contributed by atoms with Gasteiger partial charge in [-0.15, -0.1) is 0 Å². The molecule has 1 fully saturated rings. The van der Waals surface area contributed by atoms with E-state index in [1.807, 2.05) is 5.32 Å². The Labute approximate surface area is 782 Å². The highest BCUT2D eigenvalue weighted by molar-refractivity contribution is 6.09. The van der Waals surface area contributed by atoms with E-state index in [1.165, 1.54) is 30.5 Å². The molecule has 12 amide bonds. The highest BCUT2D eigenvalue weighted by atomic mass is 19.2. The van der Waals surface area contributed by atoms with E-state index in [1.54, 1.807) is 54.6 Å². The van der Waals surface area contributed by atoms with Gasteiger partial charge in [-0.25, -0.2) is 26.7 Å². The molecule has 0 radical (unpaired) electrons. The average Bonchev–Trinajstić information content (AvgIpc) is 1.39. The van der Waals surface area contributed by atoms with E-state index in [0.717, 1.165) is 6.42 Å². The molecule has 1 saturated carbocycles. The molecule has 12 atom stereocenters. The number of aromatic nitrogens is 1. The zero-order valence-corrected chi connectivity index (χ0v) is 74.9. The number of fused-ring (bicyclic) bond motifs is 1. The Morgan fingerprint density at radius 3 is 1.10 bits per heavy atom. The Hall–Kier alpha value is -14.9. The fourth-order valence-corrected chi connectivity index (χ4v) is 14.8. The number of hydrogen-bond acceptors (Lipinski definition) is 22. The molecular weight excluding hydrogens is 1810 g/mol. The van der Waals surface area contributed by atoms with Crippen LogP contribution in [0.3, 0.4) is 0 Å². The highest BCUT2D eigenvalue weighted by Gasteiger charge is 2.40. The number of nitrogens with one attached hydrogen (secondary N) is 22. The van der Waals surface area contributed by atoms with Gasteiger partial charge in [0.2, 0.25) is 76.7 Å². The van der Waals surface area contributed by atoms with Crippen molar-refractivity contribution in [1.82, 2.24) is 90.1 Å². The minimum Gasteiger partial charge on any atom is -0.480 e. The number of ketones is 1. The number of aromatic amines is 1. The smallest absolute Gasteiger partial charge is 0.326 e. The number of hydrogen-bond donors (Lipinski definition) is 32. The Balaban J connectivity index is 1.35. The van der Waals surface area contributed by atoms with E-state index >= 15 is 23.2 Å². The minimum absolute atomic E-state index is 0.0148. The summed E-state index contributed by atoms with van der Waals surface area (Å²) in [5.41, 5.74) is 39.1. The lowest BCUT2D eigenvalue weighted by Gasteiger charge is -2.28. The van der Waals surface area contributed by atoms with Crippen LogP contribution in [0.1, 0.15) is 148 Å². The minimum atomic E-state index is -2.59. The van der Waals surface area contributed by atoms with E-state index < -0.39 is 265 Å². The van der Waals surface area contributed by atoms with Crippen molar-refractivity contribution in [2.24, 2.45) is 46.1 Å². The summed E-state index contributed by atoms with van der Waals surface area (Å²) in [6, 6.07) is -1.96. The quantitative estimate of drug-likeness (QED) is 0.00331. The summed E-state index contributed by atoms with van der Waals surface area (Å²) in [6.07, 6.45) is -0.358. The molecule has 0 spiro atoms. The van der Waals surface area contributed by atoms with Crippen molar-refractivity contribution < 1.29 is 104 Å². The third-order valence-electron chi connectivity index (χ3n) is 22.1. The van der Waals surface area contributed by atoms with Crippen molar-refractivity contribution in [3.63, 3.8) is 0 Å². The number of aliphatic hydroxyl groups is 2. The molecule has 137 heavy (non-hydrogen) atoms. The number of halogens is 5. The van der Waals surface area contributed by atoms with Gasteiger partial charge in [-0.2, -0.15) is 0 Å². The second kappa shape index (κ2) is 56.3. The molecule has 0 bridgehead atoms. The first-order valence-electron chi connectivity index (χ1n) is 44.1. The number of benzene rings is 4. The molecule has 5 aromatic rings. The average molecular weight is 1930 g/mol. The number of carboxylic acid groups (broad SMARTS) is 1. The number of guanidine groups is 5. The van der Waals surface area contributed by atoms with Crippen LogP contribution in [0.15, 0.2) is 85.1 Å². The van der Waals surface area contributed by atoms with Gasteiger partial charge in [0.05, 0.1) is 19.3 Å². The molecule has 0 unspecified atom stereocenters. The molecular formula is C86H122F5N29O17. The lowest BCUT2D eigenvalue weighted by atomic mass is 9.84. The lowest BCUT2D eigenvalue weighted by Crippen LogP contribution is -2.62. The van der Waals surface area contributed by atoms with Gasteiger partial charge in [-0.3, -0.25) is 89.4 Å². The van der Waals surface area contributed by atoms with Gasteiger partial charge in [0, 0.05) is 92.2 Å². The van der Waals surface area contributed by atoms with Gasteiger partial charge in [0.1, 0.15) is 66.5 Å². The van der Waals surface area contributed by atoms with Crippen LogP contribution in [0.4, 0.5) is 22.0 Å². The second-order valence-corrected chi connectivity index (χ2v) is 32.6. The molecule has 748 valence electrons. The Kier molecular flexibility index (Phi) is 45.6. The Morgan fingerprint density at radius 2 is 0.701 bits per heavy atom. The largest absolute Gasteiger partial charge is 0.480 e. The van der Waals surface area contributed by atoms with Crippen molar-refractivity contribution >= 4 is 123 Å². The molecule has 39 N–H and O–H groups in total. The van der Waals surface area contributed by atoms with E-state index in [-0.39, 0.29) is 131 Å². The molecule has 46 nitrogen and oxygen atoms in total. The summed E-state index contributed by atoms with van der Waals surface area (Å²) >= 11 is 0. The Bertz CT molecular complexity index is 5050. The molecule has 1 aliphatic rings. The molecule has 6 rings (SSSR count). The first-order valence-corrected chi connectivity index (χ1v) is 44.1. The molecule has 1 aliphatic carbocycles. The lowest BCUT2D eigenvalue weighted by molar-refractivity contribution is -0.143.